The maximum atomic E-state index is 11.5. The van der Waals surface area contributed by atoms with E-state index in [-0.39, 0.29) is 5.91 Å². The number of anilines is 1. The molecule has 0 bridgehead atoms. The first-order valence-electron chi connectivity index (χ1n) is 8.40. The van der Waals surface area contributed by atoms with Crippen LogP contribution in [-0.2, 0) is 11.3 Å². The molecule has 2 fully saturated rings. The molecule has 0 aromatic heterocycles. The van der Waals surface area contributed by atoms with Crippen molar-refractivity contribution in [3.63, 3.8) is 0 Å². The highest BCUT2D eigenvalue weighted by molar-refractivity contribution is 5.82. The van der Waals surface area contributed by atoms with Gasteiger partial charge in [0, 0.05) is 31.4 Å². The highest BCUT2D eigenvalue weighted by Crippen LogP contribution is 2.19. The Kier molecular flexibility index (Phi) is 5.00. The van der Waals surface area contributed by atoms with Crippen molar-refractivity contribution in [1.82, 2.24) is 16.0 Å². The molecule has 3 rings (SSSR count). The zero-order chi connectivity index (χ0) is 16.1. The monoisotopic (exact) mass is 315 g/mol. The molecular formula is C17H25N5O. The molecular weight excluding hydrogens is 290 g/mol. The molecule has 3 N–H and O–H groups in total. The lowest BCUT2D eigenvalue weighted by molar-refractivity contribution is -0.120. The minimum absolute atomic E-state index is 0.0892. The molecule has 1 aromatic rings. The summed E-state index contributed by atoms with van der Waals surface area (Å²) in [5.41, 5.74) is 2.26. The van der Waals surface area contributed by atoms with Gasteiger partial charge in [-0.3, -0.25) is 4.79 Å². The highest BCUT2D eigenvalue weighted by Gasteiger charge is 2.22. The van der Waals surface area contributed by atoms with Gasteiger partial charge < -0.3 is 20.9 Å². The molecule has 0 atom stereocenters. The van der Waals surface area contributed by atoms with Crippen LogP contribution in [0.25, 0.3) is 0 Å². The summed E-state index contributed by atoms with van der Waals surface area (Å²) in [6.07, 6.45) is 2.48. The van der Waals surface area contributed by atoms with Gasteiger partial charge in [0.1, 0.15) is 0 Å². The van der Waals surface area contributed by atoms with E-state index in [9.17, 15) is 4.79 Å². The summed E-state index contributed by atoms with van der Waals surface area (Å²) in [5, 5.41) is 9.54. The Morgan fingerprint density at radius 1 is 1.35 bits per heavy atom. The summed E-state index contributed by atoms with van der Waals surface area (Å²) in [4.78, 5) is 18.2. The summed E-state index contributed by atoms with van der Waals surface area (Å²) < 4.78 is 0. The molecule has 1 saturated carbocycles. The minimum atomic E-state index is 0.0892. The summed E-state index contributed by atoms with van der Waals surface area (Å²) in [6, 6.07) is 8.92. The summed E-state index contributed by atoms with van der Waals surface area (Å²) in [5.74, 6) is 0.984. The number of benzene rings is 1. The number of amides is 1. The second-order valence-electron chi connectivity index (χ2n) is 6.05. The third-order valence-corrected chi connectivity index (χ3v) is 4.02. The standard InChI is InChI=1S/C17H25N5O/c1-2-18-17(21-14-5-6-14)20-11-13-3-7-15(8-4-13)22-10-9-19-16(23)12-22/h3-4,7-8,14H,2,5-6,9-12H2,1H3,(H,19,23)(H2,18,20,21). The van der Waals surface area contributed by atoms with Gasteiger partial charge in [0.05, 0.1) is 13.1 Å². The number of carbonyl (C=O) groups is 1. The first-order valence-corrected chi connectivity index (χ1v) is 8.40. The lowest BCUT2D eigenvalue weighted by atomic mass is 10.2. The maximum absolute atomic E-state index is 11.5. The highest BCUT2D eigenvalue weighted by atomic mass is 16.2. The number of nitrogens with zero attached hydrogens (tertiary/aromatic N) is 2. The molecule has 1 aromatic carbocycles. The molecule has 6 nitrogen and oxygen atoms in total. The van der Waals surface area contributed by atoms with Gasteiger partial charge in [-0.1, -0.05) is 12.1 Å². The quantitative estimate of drug-likeness (QED) is 0.556. The average Bonchev–Trinajstić information content (AvgIpc) is 3.37. The lowest BCUT2D eigenvalue weighted by Crippen LogP contribution is -2.47. The number of nitrogens with one attached hydrogen (secondary N) is 3. The Balaban J connectivity index is 1.58. The first-order chi connectivity index (χ1) is 11.2. The summed E-state index contributed by atoms with van der Waals surface area (Å²) >= 11 is 0. The number of rotatable bonds is 5. The van der Waals surface area contributed by atoms with Gasteiger partial charge >= 0.3 is 0 Å². The van der Waals surface area contributed by atoms with Gasteiger partial charge in [-0.25, -0.2) is 4.99 Å². The average molecular weight is 315 g/mol. The fourth-order valence-corrected chi connectivity index (χ4v) is 2.58. The predicted octanol–water partition coefficient (Wildman–Crippen LogP) is 0.840. The smallest absolute Gasteiger partial charge is 0.239 e. The molecule has 1 aliphatic carbocycles. The number of hydrogen-bond donors (Lipinski definition) is 3. The van der Waals surface area contributed by atoms with Crippen molar-refractivity contribution < 1.29 is 4.79 Å². The topological polar surface area (TPSA) is 68.8 Å². The van der Waals surface area contributed by atoms with Gasteiger partial charge in [0.15, 0.2) is 5.96 Å². The van der Waals surface area contributed by atoms with E-state index < -0.39 is 0 Å². The largest absolute Gasteiger partial charge is 0.360 e. The van der Waals surface area contributed by atoms with E-state index in [4.69, 9.17) is 0 Å². The van der Waals surface area contributed by atoms with Crippen molar-refractivity contribution >= 4 is 17.6 Å². The Bertz CT molecular complexity index is 565. The van der Waals surface area contributed by atoms with E-state index in [2.05, 4.69) is 57.0 Å². The van der Waals surface area contributed by atoms with E-state index in [1.54, 1.807) is 0 Å². The third-order valence-electron chi connectivity index (χ3n) is 4.02. The van der Waals surface area contributed by atoms with Crippen LogP contribution in [0, 0.1) is 0 Å². The van der Waals surface area contributed by atoms with Gasteiger partial charge in [0.25, 0.3) is 0 Å². The van der Waals surface area contributed by atoms with E-state index >= 15 is 0 Å². The van der Waals surface area contributed by atoms with Crippen molar-refractivity contribution in [3.8, 4) is 0 Å². The van der Waals surface area contributed by atoms with Crippen LogP contribution < -0.4 is 20.9 Å². The molecule has 1 aliphatic heterocycles. The molecule has 0 spiro atoms. The van der Waals surface area contributed by atoms with E-state index in [1.165, 1.54) is 18.4 Å². The lowest BCUT2D eigenvalue weighted by Gasteiger charge is -2.28. The van der Waals surface area contributed by atoms with Crippen molar-refractivity contribution in [1.29, 1.82) is 0 Å². The Morgan fingerprint density at radius 3 is 2.78 bits per heavy atom. The van der Waals surface area contributed by atoms with E-state index in [1.807, 2.05) is 0 Å². The summed E-state index contributed by atoms with van der Waals surface area (Å²) in [7, 11) is 0. The number of hydrogen-bond acceptors (Lipinski definition) is 3. The molecule has 0 radical (unpaired) electrons. The third kappa shape index (κ3) is 4.61. The SMILES string of the molecule is CCNC(=NCc1ccc(N2CCNC(=O)C2)cc1)NC1CC1. The molecule has 1 saturated heterocycles. The summed E-state index contributed by atoms with van der Waals surface area (Å²) in [6.45, 7) is 5.61. The Morgan fingerprint density at radius 2 is 2.13 bits per heavy atom. The number of piperazine rings is 1. The first kappa shape index (κ1) is 15.6. The van der Waals surface area contributed by atoms with Crippen LogP contribution in [0.1, 0.15) is 25.3 Å². The van der Waals surface area contributed by atoms with Crippen LogP contribution in [0.5, 0.6) is 0 Å². The number of guanidine groups is 1. The van der Waals surface area contributed by atoms with E-state index in [0.717, 1.165) is 24.7 Å². The van der Waals surface area contributed by atoms with Crippen LogP contribution in [0.15, 0.2) is 29.3 Å². The Labute approximate surface area is 137 Å². The predicted molar refractivity (Wildman–Crippen MR) is 92.6 cm³/mol. The van der Waals surface area contributed by atoms with Crippen molar-refractivity contribution in [2.45, 2.75) is 32.4 Å². The fraction of sp³-hybridized carbons (Fsp3) is 0.529. The van der Waals surface area contributed by atoms with E-state index in [0.29, 0.717) is 25.7 Å². The van der Waals surface area contributed by atoms with Crippen LogP contribution in [0.4, 0.5) is 5.69 Å². The molecule has 1 amide bonds. The van der Waals surface area contributed by atoms with Gasteiger partial charge in [-0.05, 0) is 37.5 Å². The normalized spacial score (nSPS) is 18.6. The second kappa shape index (κ2) is 7.35. The zero-order valence-corrected chi connectivity index (χ0v) is 13.6. The minimum Gasteiger partial charge on any atom is -0.360 e. The van der Waals surface area contributed by atoms with Crippen molar-refractivity contribution in [2.24, 2.45) is 4.99 Å². The Hall–Kier alpha value is -2.24. The zero-order valence-electron chi connectivity index (χ0n) is 13.6. The molecule has 6 heteroatoms. The van der Waals surface area contributed by atoms with Gasteiger partial charge in [-0.15, -0.1) is 0 Å². The second-order valence-corrected chi connectivity index (χ2v) is 6.05. The number of carbonyl (C=O) groups excluding carboxylic acids is 1. The van der Waals surface area contributed by atoms with Crippen LogP contribution >= 0.6 is 0 Å². The maximum Gasteiger partial charge on any atom is 0.239 e. The van der Waals surface area contributed by atoms with Crippen LogP contribution in [0.2, 0.25) is 0 Å². The van der Waals surface area contributed by atoms with Crippen LogP contribution in [-0.4, -0.2) is 44.1 Å². The van der Waals surface area contributed by atoms with Gasteiger partial charge in [-0.2, -0.15) is 0 Å². The van der Waals surface area contributed by atoms with Gasteiger partial charge in [0.2, 0.25) is 5.91 Å². The molecule has 23 heavy (non-hydrogen) atoms. The van der Waals surface area contributed by atoms with Crippen molar-refractivity contribution in [2.75, 3.05) is 31.1 Å². The van der Waals surface area contributed by atoms with Crippen molar-refractivity contribution in [3.05, 3.63) is 29.8 Å². The molecule has 2 aliphatic rings. The molecule has 1 heterocycles. The fourth-order valence-electron chi connectivity index (χ4n) is 2.58. The molecule has 0 unspecified atom stereocenters. The molecule has 124 valence electrons. The number of aliphatic imine (C=N–C) groups is 1. The van der Waals surface area contributed by atoms with Crippen LogP contribution in [0.3, 0.4) is 0 Å².